The van der Waals surface area contributed by atoms with Gasteiger partial charge in [0.1, 0.15) is 16.5 Å². The van der Waals surface area contributed by atoms with Crippen molar-refractivity contribution in [3.8, 4) is 0 Å². The molecule has 1 aliphatic heterocycles. The number of nitrogens with one attached hydrogen (secondary N) is 1. The molecule has 1 saturated heterocycles. The van der Waals surface area contributed by atoms with Crippen molar-refractivity contribution in [2.75, 3.05) is 50.2 Å². The Morgan fingerprint density at radius 3 is 2.73 bits per heavy atom. The van der Waals surface area contributed by atoms with Crippen molar-refractivity contribution in [3.05, 3.63) is 16.3 Å². The molecule has 3 rings (SSSR count). The van der Waals surface area contributed by atoms with Crippen molar-refractivity contribution in [1.29, 1.82) is 0 Å². The number of hydrogen-bond donors (Lipinski definition) is 2. The minimum Gasteiger partial charge on any atom is -0.387 e. The van der Waals surface area contributed by atoms with Crippen molar-refractivity contribution in [2.24, 2.45) is 0 Å². The number of aliphatic hydroxyl groups is 1. The van der Waals surface area contributed by atoms with E-state index in [0.29, 0.717) is 12.3 Å². The molecule has 26 heavy (non-hydrogen) atoms. The zero-order valence-electron chi connectivity index (χ0n) is 16.0. The highest BCUT2D eigenvalue weighted by atomic mass is 32.2. The molecule has 8 heteroatoms. The highest BCUT2D eigenvalue weighted by Gasteiger charge is 2.22. The Hall–Kier alpha value is -0.930. The summed E-state index contributed by atoms with van der Waals surface area (Å²) < 4.78 is 5.43. The summed E-state index contributed by atoms with van der Waals surface area (Å²) in [6.45, 7) is 10.6. The lowest BCUT2D eigenvalue weighted by Gasteiger charge is -2.26. The van der Waals surface area contributed by atoms with Gasteiger partial charge in [-0.05, 0) is 32.6 Å². The molecule has 2 N–H and O–H groups in total. The lowest BCUT2D eigenvalue weighted by molar-refractivity contribution is 0.0331. The van der Waals surface area contributed by atoms with Crippen molar-refractivity contribution in [1.82, 2.24) is 14.9 Å². The van der Waals surface area contributed by atoms with Crippen LogP contribution in [0.5, 0.6) is 0 Å². The molecule has 6 nitrogen and oxygen atoms in total. The molecule has 144 valence electrons. The molecule has 0 aliphatic carbocycles. The first-order valence-corrected chi connectivity index (χ1v) is 11.1. The maximum absolute atomic E-state index is 10.5. The fourth-order valence-corrected chi connectivity index (χ4v) is 4.86. The van der Waals surface area contributed by atoms with Crippen LogP contribution in [0.25, 0.3) is 10.2 Å². The van der Waals surface area contributed by atoms with Crippen LogP contribution in [0.2, 0.25) is 0 Å². The van der Waals surface area contributed by atoms with E-state index in [0.717, 1.165) is 54.7 Å². The summed E-state index contributed by atoms with van der Waals surface area (Å²) in [5.41, 5.74) is 0.440. The maximum Gasteiger partial charge on any atom is 0.146 e. The summed E-state index contributed by atoms with van der Waals surface area (Å²) in [7, 11) is 0. The summed E-state index contributed by atoms with van der Waals surface area (Å²) >= 11 is 3.35. The second-order valence-corrected chi connectivity index (χ2v) is 9.19. The average Bonchev–Trinajstić information content (AvgIpc) is 2.88. The van der Waals surface area contributed by atoms with Crippen LogP contribution in [0.4, 0.5) is 5.82 Å². The molecule has 1 aliphatic rings. The first-order valence-electron chi connectivity index (χ1n) is 8.91. The number of morpholine rings is 1. The molecule has 1 unspecified atom stereocenters. The zero-order valence-corrected chi connectivity index (χ0v) is 17.6. The lowest BCUT2D eigenvalue weighted by atomic mass is 10.1. The van der Waals surface area contributed by atoms with E-state index in [1.54, 1.807) is 23.1 Å². The van der Waals surface area contributed by atoms with Gasteiger partial charge in [0.05, 0.1) is 30.7 Å². The van der Waals surface area contributed by atoms with Crippen LogP contribution in [0.3, 0.4) is 0 Å². The van der Waals surface area contributed by atoms with E-state index in [2.05, 4.69) is 24.1 Å². The molecule has 0 saturated carbocycles. The largest absolute Gasteiger partial charge is 0.387 e. The monoisotopic (exact) mass is 396 g/mol. The van der Waals surface area contributed by atoms with Gasteiger partial charge >= 0.3 is 0 Å². The summed E-state index contributed by atoms with van der Waals surface area (Å²) in [6, 6.07) is 0. The number of fused-ring (bicyclic) bond motifs is 1. The van der Waals surface area contributed by atoms with Crippen LogP contribution in [0.15, 0.2) is 0 Å². The van der Waals surface area contributed by atoms with E-state index in [4.69, 9.17) is 14.7 Å². The van der Waals surface area contributed by atoms with Gasteiger partial charge in [0, 0.05) is 30.3 Å². The van der Waals surface area contributed by atoms with Gasteiger partial charge in [-0.3, -0.25) is 4.90 Å². The molecule has 2 aromatic rings. The van der Waals surface area contributed by atoms with Crippen LogP contribution in [0, 0.1) is 13.8 Å². The molecular formula is C18H28N4O2S2. The fourth-order valence-electron chi connectivity index (χ4n) is 3.09. The number of thiophene rings is 1. The predicted octanol–water partition coefficient (Wildman–Crippen LogP) is 2.67. The van der Waals surface area contributed by atoms with E-state index in [9.17, 15) is 5.11 Å². The summed E-state index contributed by atoms with van der Waals surface area (Å²) in [4.78, 5) is 14.2. The zero-order chi connectivity index (χ0) is 18.7. The fraction of sp³-hybridized carbons (Fsp3) is 0.667. The number of hydrogen-bond acceptors (Lipinski definition) is 8. The van der Waals surface area contributed by atoms with Crippen molar-refractivity contribution < 1.29 is 9.84 Å². The van der Waals surface area contributed by atoms with Gasteiger partial charge < -0.3 is 15.2 Å². The van der Waals surface area contributed by atoms with Gasteiger partial charge in [-0.1, -0.05) is 0 Å². The van der Waals surface area contributed by atoms with E-state index in [1.165, 1.54) is 10.4 Å². The summed E-state index contributed by atoms with van der Waals surface area (Å²) in [5.74, 6) is 2.34. The Kier molecular flexibility index (Phi) is 6.40. The highest BCUT2D eigenvalue weighted by molar-refractivity contribution is 7.98. The SMILES string of the molecule is CSCC(C)(O)CNc1nc(CN2CCOCC2)nc2sc(C)c(C)c12. The first-order chi connectivity index (χ1) is 12.4. The molecule has 1 fully saturated rings. The molecule has 0 spiro atoms. The van der Waals surface area contributed by atoms with E-state index in [-0.39, 0.29) is 0 Å². The number of rotatable bonds is 7. The standard InChI is InChI=1S/C18H28N4O2S2/c1-12-13(2)26-17-15(12)16(19-10-18(3,23)11-25-4)20-14(21-17)9-22-5-7-24-8-6-22/h23H,5-11H2,1-4H3,(H,19,20,21). The van der Waals surface area contributed by atoms with Crippen LogP contribution in [-0.2, 0) is 11.3 Å². The lowest BCUT2D eigenvalue weighted by Crippen LogP contribution is -2.37. The van der Waals surface area contributed by atoms with Crippen molar-refractivity contribution in [3.63, 3.8) is 0 Å². The average molecular weight is 397 g/mol. The quantitative estimate of drug-likeness (QED) is 0.745. The molecule has 0 bridgehead atoms. The number of aryl methyl sites for hydroxylation is 2. The van der Waals surface area contributed by atoms with Gasteiger partial charge in [-0.2, -0.15) is 11.8 Å². The number of thioether (sulfide) groups is 1. The van der Waals surface area contributed by atoms with Gasteiger partial charge in [-0.25, -0.2) is 9.97 Å². The Bertz CT molecular complexity index is 757. The van der Waals surface area contributed by atoms with E-state index >= 15 is 0 Å². The van der Waals surface area contributed by atoms with Gasteiger partial charge in [-0.15, -0.1) is 11.3 Å². The number of ether oxygens (including phenoxy) is 1. The van der Waals surface area contributed by atoms with E-state index < -0.39 is 5.60 Å². The van der Waals surface area contributed by atoms with Crippen LogP contribution >= 0.6 is 23.1 Å². The minimum atomic E-state index is -0.778. The normalized spacial score (nSPS) is 18.2. The molecule has 0 aromatic carbocycles. The Labute approximate surface area is 163 Å². The van der Waals surface area contributed by atoms with E-state index in [1.807, 2.05) is 13.2 Å². The third-order valence-electron chi connectivity index (χ3n) is 4.64. The third-order valence-corrected chi connectivity index (χ3v) is 6.65. The molecule has 2 aromatic heterocycles. The van der Waals surface area contributed by atoms with Gasteiger partial charge in [0.2, 0.25) is 0 Å². The first kappa shape index (κ1) is 19.8. The molecule has 1 atom stereocenters. The predicted molar refractivity (Wildman–Crippen MR) is 110 cm³/mol. The van der Waals surface area contributed by atoms with Crippen molar-refractivity contribution >= 4 is 39.1 Å². The summed E-state index contributed by atoms with van der Waals surface area (Å²) in [5, 5.41) is 15.0. The molecule has 0 amide bonds. The van der Waals surface area contributed by atoms with Gasteiger partial charge in [0.15, 0.2) is 0 Å². The molecular weight excluding hydrogens is 368 g/mol. The number of anilines is 1. The van der Waals surface area contributed by atoms with Gasteiger partial charge in [0.25, 0.3) is 0 Å². The highest BCUT2D eigenvalue weighted by Crippen LogP contribution is 2.33. The second kappa shape index (κ2) is 8.39. The Morgan fingerprint density at radius 1 is 1.31 bits per heavy atom. The topological polar surface area (TPSA) is 70.5 Å². The number of aromatic nitrogens is 2. The Balaban J connectivity index is 1.88. The van der Waals surface area contributed by atoms with Crippen LogP contribution < -0.4 is 5.32 Å². The van der Waals surface area contributed by atoms with Crippen LogP contribution in [0.1, 0.15) is 23.2 Å². The summed E-state index contributed by atoms with van der Waals surface area (Å²) in [6.07, 6.45) is 2.00. The second-order valence-electron chi connectivity index (χ2n) is 7.12. The smallest absolute Gasteiger partial charge is 0.146 e. The van der Waals surface area contributed by atoms with Crippen LogP contribution in [-0.4, -0.2) is 70.4 Å². The minimum absolute atomic E-state index is 0.464. The third kappa shape index (κ3) is 4.67. The molecule has 3 heterocycles. The Morgan fingerprint density at radius 2 is 2.04 bits per heavy atom. The van der Waals surface area contributed by atoms with Crippen molar-refractivity contribution in [2.45, 2.75) is 32.9 Å². The molecule has 0 radical (unpaired) electrons. The number of nitrogens with zero attached hydrogens (tertiary/aromatic N) is 3. The maximum atomic E-state index is 10.5.